The Hall–Kier alpha value is 0.160. The van der Waals surface area contributed by atoms with Crippen LogP contribution in [-0.4, -0.2) is 38.8 Å². The Balaban J connectivity index is 3.73. The van der Waals surface area contributed by atoms with E-state index in [0.29, 0.717) is 0 Å². The average molecular weight is 244 g/mol. The van der Waals surface area contributed by atoms with E-state index in [4.69, 9.17) is 16.3 Å². The summed E-state index contributed by atoms with van der Waals surface area (Å²) in [6, 6.07) is 0. The van der Waals surface area contributed by atoms with Crippen molar-refractivity contribution in [3.05, 3.63) is 0 Å². The molecule has 0 aromatic rings. The van der Waals surface area contributed by atoms with Gasteiger partial charge in [0.25, 0.3) is 0 Å². The number of alkyl halides is 1. The zero-order valence-corrected chi connectivity index (χ0v) is 10.4. The molecule has 0 aliphatic rings. The number of hydrogen-bond donors (Lipinski definition) is 1. The van der Waals surface area contributed by atoms with E-state index in [9.17, 15) is 8.42 Å². The van der Waals surface area contributed by atoms with Gasteiger partial charge in [-0.05, 0) is 20.8 Å². The van der Waals surface area contributed by atoms with Crippen molar-refractivity contribution < 1.29 is 13.2 Å². The van der Waals surface area contributed by atoms with Crippen molar-refractivity contribution in [1.82, 2.24) is 4.72 Å². The summed E-state index contributed by atoms with van der Waals surface area (Å²) in [4.78, 5) is 0. The molecule has 1 atom stereocenters. The van der Waals surface area contributed by atoms with Gasteiger partial charge in [-0.1, -0.05) is 0 Å². The maximum atomic E-state index is 11.3. The van der Waals surface area contributed by atoms with Crippen LogP contribution in [0.5, 0.6) is 0 Å². The normalized spacial score (nSPS) is 14.6. The van der Waals surface area contributed by atoms with Gasteiger partial charge in [-0.3, -0.25) is 0 Å². The van der Waals surface area contributed by atoms with E-state index < -0.39 is 10.0 Å². The predicted molar refractivity (Wildman–Crippen MR) is 58.2 cm³/mol. The maximum Gasteiger partial charge on any atom is 0.213 e. The summed E-state index contributed by atoms with van der Waals surface area (Å²) >= 11 is 5.61. The smallest absolute Gasteiger partial charge is 0.213 e. The first-order valence-electron chi connectivity index (χ1n) is 4.56. The van der Waals surface area contributed by atoms with Crippen LogP contribution in [0.4, 0.5) is 0 Å². The zero-order valence-electron chi connectivity index (χ0n) is 8.79. The molecule has 4 nitrogen and oxygen atoms in total. The van der Waals surface area contributed by atoms with Gasteiger partial charge < -0.3 is 4.74 Å². The van der Waals surface area contributed by atoms with E-state index in [1.807, 2.05) is 13.8 Å². The second-order valence-electron chi connectivity index (χ2n) is 3.37. The first-order valence-corrected chi connectivity index (χ1v) is 6.65. The minimum absolute atomic E-state index is 0.0191. The van der Waals surface area contributed by atoms with Crippen molar-refractivity contribution in [1.29, 1.82) is 0 Å². The highest BCUT2D eigenvalue weighted by atomic mass is 35.5. The Morgan fingerprint density at radius 2 is 1.93 bits per heavy atom. The van der Waals surface area contributed by atoms with Gasteiger partial charge in [0.1, 0.15) is 0 Å². The molecule has 0 rings (SSSR count). The molecule has 0 spiro atoms. The lowest BCUT2D eigenvalue weighted by molar-refractivity contribution is 0.0911. The molecule has 86 valence electrons. The molecule has 0 amide bonds. The molecular weight excluding hydrogens is 226 g/mol. The molecular formula is C8H18ClNO3S. The van der Waals surface area contributed by atoms with E-state index >= 15 is 0 Å². The van der Waals surface area contributed by atoms with Crippen molar-refractivity contribution >= 4 is 21.6 Å². The van der Waals surface area contributed by atoms with Crippen LogP contribution in [0.3, 0.4) is 0 Å². The molecule has 0 fully saturated rings. The summed E-state index contributed by atoms with van der Waals surface area (Å²) < 4.78 is 30.1. The first-order chi connectivity index (χ1) is 6.33. The van der Waals surface area contributed by atoms with Gasteiger partial charge in [-0.2, -0.15) is 0 Å². The Morgan fingerprint density at radius 3 is 2.36 bits per heavy atom. The zero-order chi connectivity index (χ0) is 11.2. The van der Waals surface area contributed by atoms with Gasteiger partial charge >= 0.3 is 0 Å². The lowest BCUT2D eigenvalue weighted by Crippen LogP contribution is -2.32. The predicted octanol–water partition coefficient (Wildman–Crippen LogP) is 0.958. The number of halogens is 1. The lowest BCUT2D eigenvalue weighted by Gasteiger charge is -2.09. The van der Waals surface area contributed by atoms with Gasteiger partial charge in [0.2, 0.25) is 10.0 Å². The van der Waals surface area contributed by atoms with Gasteiger partial charge in [0.05, 0.1) is 18.5 Å². The largest absolute Gasteiger partial charge is 0.378 e. The standard InChI is InChI=1S/C8H18ClNO3S/c1-7(2)13-4-5-14(11,12)10-6-8(3)9/h7-8,10H,4-6H2,1-3H3. The second kappa shape index (κ2) is 6.61. The molecule has 0 saturated heterocycles. The fourth-order valence-electron chi connectivity index (χ4n) is 0.707. The molecule has 0 bridgehead atoms. The van der Waals surface area contributed by atoms with E-state index in [-0.39, 0.29) is 30.4 Å². The number of hydrogen-bond acceptors (Lipinski definition) is 3. The summed E-state index contributed by atoms with van der Waals surface area (Å²) in [6.45, 7) is 5.92. The first kappa shape index (κ1) is 14.2. The maximum absolute atomic E-state index is 11.3. The van der Waals surface area contributed by atoms with Crippen LogP contribution in [0.15, 0.2) is 0 Å². The van der Waals surface area contributed by atoms with Gasteiger partial charge in [-0.25, -0.2) is 13.1 Å². The van der Waals surface area contributed by atoms with E-state index in [2.05, 4.69) is 4.72 Å². The molecule has 0 heterocycles. The third-order valence-electron chi connectivity index (χ3n) is 1.39. The third-order valence-corrected chi connectivity index (χ3v) is 2.85. The number of sulfonamides is 1. The van der Waals surface area contributed by atoms with Crippen LogP contribution in [-0.2, 0) is 14.8 Å². The fourth-order valence-corrected chi connectivity index (χ4v) is 1.84. The van der Waals surface area contributed by atoms with Crippen molar-refractivity contribution in [2.24, 2.45) is 0 Å². The van der Waals surface area contributed by atoms with Crippen molar-refractivity contribution in [3.8, 4) is 0 Å². The van der Waals surface area contributed by atoms with Crippen molar-refractivity contribution in [2.45, 2.75) is 32.3 Å². The van der Waals surface area contributed by atoms with E-state index in [1.165, 1.54) is 0 Å². The summed E-state index contributed by atoms with van der Waals surface area (Å²) in [5.41, 5.74) is 0. The molecule has 0 radical (unpaired) electrons. The SMILES string of the molecule is CC(Cl)CNS(=O)(=O)CCOC(C)C. The Morgan fingerprint density at radius 1 is 1.36 bits per heavy atom. The Bertz CT molecular complexity index is 239. The second-order valence-corrected chi connectivity index (χ2v) is 6.04. The van der Waals surface area contributed by atoms with Crippen LogP contribution >= 0.6 is 11.6 Å². The van der Waals surface area contributed by atoms with Crippen LogP contribution < -0.4 is 4.72 Å². The minimum atomic E-state index is -3.23. The quantitative estimate of drug-likeness (QED) is 0.678. The summed E-state index contributed by atoms with van der Waals surface area (Å²) in [5, 5.41) is -0.198. The van der Waals surface area contributed by atoms with Crippen molar-refractivity contribution in [3.63, 3.8) is 0 Å². The summed E-state index contributed by atoms with van der Waals surface area (Å²) in [5.74, 6) is -0.0191. The highest BCUT2D eigenvalue weighted by molar-refractivity contribution is 7.89. The molecule has 1 unspecified atom stereocenters. The molecule has 0 saturated carbocycles. The van der Waals surface area contributed by atoms with Crippen LogP contribution in [0, 0.1) is 0 Å². The van der Waals surface area contributed by atoms with Gasteiger partial charge in [0.15, 0.2) is 0 Å². The van der Waals surface area contributed by atoms with Crippen LogP contribution in [0.2, 0.25) is 0 Å². The summed E-state index contributed by atoms with van der Waals surface area (Å²) in [6.07, 6.45) is 0.0529. The van der Waals surface area contributed by atoms with Crippen LogP contribution in [0.1, 0.15) is 20.8 Å². The third kappa shape index (κ3) is 8.74. The Kier molecular flexibility index (Phi) is 6.68. The fraction of sp³-hybridized carbons (Fsp3) is 1.00. The highest BCUT2D eigenvalue weighted by Gasteiger charge is 2.11. The molecule has 0 aromatic carbocycles. The number of ether oxygens (including phenoxy) is 1. The molecule has 0 aliphatic heterocycles. The molecule has 14 heavy (non-hydrogen) atoms. The lowest BCUT2D eigenvalue weighted by atomic mass is 10.5. The average Bonchev–Trinajstić information content (AvgIpc) is 2.00. The minimum Gasteiger partial charge on any atom is -0.378 e. The van der Waals surface area contributed by atoms with Gasteiger partial charge in [0, 0.05) is 11.9 Å². The molecule has 1 N–H and O–H groups in total. The van der Waals surface area contributed by atoms with Crippen molar-refractivity contribution in [2.75, 3.05) is 18.9 Å². The van der Waals surface area contributed by atoms with E-state index in [0.717, 1.165) is 0 Å². The van der Waals surface area contributed by atoms with Crippen LogP contribution in [0.25, 0.3) is 0 Å². The Labute approximate surface area is 91.0 Å². The van der Waals surface area contributed by atoms with Gasteiger partial charge in [-0.15, -0.1) is 11.6 Å². The molecule has 6 heteroatoms. The molecule has 0 aromatic heterocycles. The molecule has 0 aliphatic carbocycles. The number of rotatable bonds is 7. The number of nitrogens with one attached hydrogen (secondary N) is 1. The highest BCUT2D eigenvalue weighted by Crippen LogP contribution is 1.94. The van der Waals surface area contributed by atoms with E-state index in [1.54, 1.807) is 6.92 Å². The topological polar surface area (TPSA) is 55.4 Å². The monoisotopic (exact) mass is 243 g/mol. The summed E-state index contributed by atoms with van der Waals surface area (Å²) in [7, 11) is -3.23.